The molecule has 0 radical (unpaired) electrons. The van der Waals surface area contributed by atoms with Gasteiger partial charge in [0.25, 0.3) is 0 Å². The van der Waals surface area contributed by atoms with Crippen LogP contribution in [0.4, 0.5) is 0 Å². The second-order valence-corrected chi connectivity index (χ2v) is 32.4. The number of unbranched alkanes of at least 4 members (excludes halogenated alkanes) is 3. The monoisotopic (exact) mass is 1050 g/mol. The molecule has 350 valence electrons. The predicted octanol–water partition coefficient (Wildman–Crippen LogP) is 10.9. The van der Waals surface area contributed by atoms with Crippen molar-refractivity contribution in [1.82, 2.24) is 10.1 Å². The van der Waals surface area contributed by atoms with Gasteiger partial charge in [0.1, 0.15) is 0 Å². The van der Waals surface area contributed by atoms with Gasteiger partial charge >= 0.3 is 108 Å². The van der Waals surface area contributed by atoms with Crippen LogP contribution in [0, 0.1) is 32.5 Å². The second kappa shape index (κ2) is 21.9. The Balaban J connectivity index is 0.000000164. The number of nitrogens with two attached hydrogens (primary N) is 2. The van der Waals surface area contributed by atoms with E-state index in [2.05, 4.69) is 102 Å². The first-order valence-corrected chi connectivity index (χ1v) is 32.5. The molecule has 2 unspecified atom stereocenters. The fourth-order valence-electron chi connectivity index (χ4n) is 11.6. The minimum atomic E-state index is -2.02. The average Bonchev–Trinajstić information content (AvgIpc) is 3.95. The van der Waals surface area contributed by atoms with E-state index < -0.39 is 29.8 Å². The number of hydrogen-bond donors (Lipinski definition) is 2. The predicted molar refractivity (Wildman–Crippen MR) is 267 cm³/mol. The summed E-state index contributed by atoms with van der Waals surface area (Å²) in [5.74, 6) is 10.3. The summed E-state index contributed by atoms with van der Waals surface area (Å²) in [7, 11) is 7.26. The Morgan fingerprint density at radius 1 is 0.703 bits per heavy atom. The second-order valence-electron chi connectivity index (χ2n) is 19.2. The SMILES string of the molecule is CC#Cc1ccc2c(c1)C1(N=C(N)N(C)O1)C1(CCC(OC)CC1)C2.CC#[C][Sn]([CH2]CCC)([CH2]CCC)[CH2]CCC.COC1CCC2(CC1)Cc1ccc(Br)cc1C21N=C(N)N(C)O1. The molecule has 4 aliphatic carbocycles. The third kappa shape index (κ3) is 10.1. The number of fused-ring (bicyclic) bond motifs is 6. The van der Waals surface area contributed by atoms with Crippen molar-refractivity contribution in [3.8, 4) is 21.7 Å². The Morgan fingerprint density at radius 2 is 1.14 bits per heavy atom. The Labute approximate surface area is 398 Å². The van der Waals surface area contributed by atoms with Crippen molar-refractivity contribution >= 4 is 46.2 Å². The summed E-state index contributed by atoms with van der Waals surface area (Å²) >= 11 is 1.57. The molecule has 2 aromatic carbocycles. The summed E-state index contributed by atoms with van der Waals surface area (Å²) in [4.78, 5) is 22.4. The van der Waals surface area contributed by atoms with E-state index >= 15 is 0 Å². The Kier molecular flexibility index (Phi) is 17.3. The summed E-state index contributed by atoms with van der Waals surface area (Å²) in [5, 5.41) is 3.22. The summed E-state index contributed by atoms with van der Waals surface area (Å²) in [5.41, 5.74) is 16.6. The number of ether oxygens (including phenoxy) is 2. The molecule has 8 rings (SSSR count). The molecule has 4 spiro atoms. The number of hydroxylamine groups is 4. The van der Waals surface area contributed by atoms with Crippen LogP contribution < -0.4 is 11.5 Å². The third-order valence-corrected chi connectivity index (χ3v) is 29.2. The van der Waals surface area contributed by atoms with Crippen molar-refractivity contribution in [1.29, 1.82) is 0 Å². The van der Waals surface area contributed by atoms with Gasteiger partial charge in [0.05, 0.1) is 12.2 Å². The van der Waals surface area contributed by atoms with Crippen LogP contribution in [-0.2, 0) is 43.4 Å². The van der Waals surface area contributed by atoms with Crippen LogP contribution in [0.15, 0.2) is 50.9 Å². The fourth-order valence-corrected chi connectivity index (χ4v) is 25.5. The maximum absolute atomic E-state index is 6.36. The van der Waals surface area contributed by atoms with Gasteiger partial charge in [-0.1, -0.05) is 34.0 Å². The van der Waals surface area contributed by atoms with Crippen molar-refractivity contribution in [2.45, 2.75) is 174 Å². The Hall–Kier alpha value is -2.78. The van der Waals surface area contributed by atoms with E-state index in [1.807, 2.05) is 21.0 Å². The number of guanidine groups is 2. The minimum absolute atomic E-state index is 0.0411. The van der Waals surface area contributed by atoms with Crippen LogP contribution in [0.5, 0.6) is 0 Å². The molecule has 2 heterocycles. The first kappa shape index (κ1) is 50.6. The van der Waals surface area contributed by atoms with Crippen molar-refractivity contribution in [3.63, 3.8) is 0 Å². The van der Waals surface area contributed by atoms with Crippen LogP contribution in [-0.4, -0.2) is 80.9 Å². The van der Waals surface area contributed by atoms with E-state index in [1.165, 1.54) is 63.0 Å². The maximum atomic E-state index is 6.36. The first-order chi connectivity index (χ1) is 30.8. The van der Waals surface area contributed by atoms with Gasteiger partial charge in [0.2, 0.25) is 23.4 Å². The molecule has 0 aromatic heterocycles. The van der Waals surface area contributed by atoms with Gasteiger partial charge in [0, 0.05) is 60.3 Å². The smallest absolute Gasteiger partial charge is 0.220 e. The first-order valence-electron chi connectivity index (χ1n) is 24.2. The standard InChI is InChI=1S/C20H25N3O2.C17H22BrN3O2.3C4H9.C3H3.Sn/c1-4-5-14-6-7-15-13-19(10-8-16(24-3)9-11-19)20(17(15)12-14)22-18(21)23(2)25-20;1-21-15(19)20-17(23-21)14-9-12(18)4-3-11(14)10-16(17)7-5-13(22-2)6-8-16;3*1-3-4-2;1-3-2;/h6-7,12,16H,8-11,13H2,1-3H3,(H2,21,22);3-4,9,13H,5-8,10H2,1-2H3,(H2,19,20);3*1,3-4H2,2H3;1H3;. The number of nitrogens with zero attached hydrogens (tertiary/aromatic N) is 4. The number of rotatable bonds is 11. The third-order valence-electron chi connectivity index (χ3n) is 15.3. The molecule has 0 bridgehead atoms. The van der Waals surface area contributed by atoms with Gasteiger partial charge in [-0.2, -0.15) is 0 Å². The number of halogens is 1. The van der Waals surface area contributed by atoms with Crippen molar-refractivity contribution < 1.29 is 19.1 Å². The summed E-state index contributed by atoms with van der Waals surface area (Å²) in [6, 6.07) is 12.8. The quantitative estimate of drug-likeness (QED) is 0.169. The molecule has 2 aromatic rings. The molecule has 2 aliphatic heterocycles. The van der Waals surface area contributed by atoms with Crippen molar-refractivity contribution in [3.05, 3.63) is 68.7 Å². The van der Waals surface area contributed by atoms with Gasteiger partial charge in [-0.15, -0.1) is 5.92 Å². The molecular formula is C52H77BrN6O4Sn. The van der Waals surface area contributed by atoms with E-state index in [9.17, 15) is 0 Å². The van der Waals surface area contributed by atoms with Crippen LogP contribution in [0.2, 0.25) is 13.3 Å². The molecule has 2 fully saturated rings. The molecule has 4 N–H and O–H groups in total. The number of benzene rings is 2. The van der Waals surface area contributed by atoms with Gasteiger partial charge in [0.15, 0.2) is 0 Å². The van der Waals surface area contributed by atoms with E-state index in [-0.39, 0.29) is 10.8 Å². The van der Waals surface area contributed by atoms with Gasteiger partial charge in [-0.05, 0) is 107 Å². The molecule has 0 saturated heterocycles. The van der Waals surface area contributed by atoms with Gasteiger partial charge < -0.3 is 20.9 Å². The van der Waals surface area contributed by atoms with Crippen LogP contribution >= 0.6 is 15.9 Å². The number of aliphatic imine (C=N–C) groups is 2. The molecule has 2 saturated carbocycles. The average molecular weight is 1050 g/mol. The topological polar surface area (TPSA) is 120 Å². The molecule has 10 nitrogen and oxygen atoms in total. The van der Waals surface area contributed by atoms with Crippen LogP contribution in [0.1, 0.15) is 152 Å². The summed E-state index contributed by atoms with van der Waals surface area (Å²) in [6.45, 7) is 10.9. The Morgan fingerprint density at radius 3 is 1.52 bits per heavy atom. The minimum Gasteiger partial charge on any atom is -0.381 e. The zero-order valence-electron chi connectivity index (χ0n) is 40.5. The van der Waals surface area contributed by atoms with E-state index in [0.29, 0.717) is 24.1 Å². The fraction of sp³-hybridized carbons (Fsp3) is 0.654. The molecule has 64 heavy (non-hydrogen) atoms. The maximum Gasteiger partial charge on any atom is 0.220 e. The zero-order chi connectivity index (χ0) is 46.2. The van der Waals surface area contributed by atoms with E-state index in [1.54, 1.807) is 24.3 Å². The summed E-state index contributed by atoms with van der Waals surface area (Å²) in [6.07, 6.45) is 19.2. The molecule has 0 amide bonds. The number of methoxy groups -OCH3 is 2. The molecule has 12 heteroatoms. The molecule has 2 atom stereocenters. The van der Waals surface area contributed by atoms with Crippen LogP contribution in [0.25, 0.3) is 0 Å². The molecular weight excluding hydrogens is 971 g/mol. The van der Waals surface area contributed by atoms with Crippen LogP contribution in [0.3, 0.4) is 0 Å². The Bertz CT molecular complexity index is 2090. The summed E-state index contributed by atoms with van der Waals surface area (Å²) < 4.78 is 20.5. The van der Waals surface area contributed by atoms with Gasteiger partial charge in [-0.25, -0.2) is 29.8 Å². The number of hydrogen-bond acceptors (Lipinski definition) is 10. The van der Waals surface area contributed by atoms with Gasteiger partial charge in [-0.3, -0.25) is 0 Å². The van der Waals surface area contributed by atoms with Crippen molar-refractivity contribution in [2.75, 3.05) is 28.3 Å². The molecule has 6 aliphatic rings. The van der Waals surface area contributed by atoms with E-state index in [4.69, 9.17) is 40.6 Å². The van der Waals surface area contributed by atoms with E-state index in [0.717, 1.165) is 85.4 Å². The van der Waals surface area contributed by atoms with Crippen molar-refractivity contribution in [2.24, 2.45) is 32.3 Å². The largest absolute Gasteiger partial charge is 0.381 e. The zero-order valence-corrected chi connectivity index (χ0v) is 44.9. The normalized spacial score (nSPS) is 28.7.